The number of likely N-dealkylation sites (tertiary alicyclic amines) is 1. The molecular weight excluding hydrogens is 540 g/mol. The Morgan fingerprint density at radius 3 is 2.23 bits per heavy atom. The number of nitrogens with zero attached hydrogens (tertiary/aromatic N) is 3. The van der Waals surface area contributed by atoms with Crippen molar-refractivity contribution in [3.8, 4) is 22.4 Å². The Morgan fingerprint density at radius 2 is 1.62 bits per heavy atom. The molecule has 2 fully saturated rings. The van der Waals surface area contributed by atoms with Gasteiger partial charge in [-0.05, 0) is 81.4 Å². The number of piperidine rings is 2. The average molecular weight is 575 g/mol. The predicted molar refractivity (Wildman–Crippen MR) is 167 cm³/mol. The Kier molecular flexibility index (Phi) is 9.47. The van der Waals surface area contributed by atoms with Gasteiger partial charge in [0.15, 0.2) is 0 Å². The minimum Gasteiger partial charge on any atom is -0.477 e. The first-order valence-electron chi connectivity index (χ1n) is 14.0. The zero-order valence-electron chi connectivity index (χ0n) is 22.8. The van der Waals surface area contributed by atoms with E-state index in [-0.39, 0.29) is 4.88 Å². The van der Waals surface area contributed by atoms with E-state index in [2.05, 4.69) is 10.2 Å². The smallest absolute Gasteiger partial charge is 0.348 e. The number of carbonyl (C=O) groups is 1. The fourth-order valence-electron chi connectivity index (χ4n) is 5.20. The van der Waals surface area contributed by atoms with Crippen LogP contribution in [0, 0.1) is 0 Å². The van der Waals surface area contributed by atoms with Crippen LogP contribution in [0.3, 0.4) is 0 Å². The largest absolute Gasteiger partial charge is 0.477 e. The summed E-state index contributed by atoms with van der Waals surface area (Å²) in [6, 6.07) is 19.5. The van der Waals surface area contributed by atoms with Crippen LogP contribution in [0.2, 0.25) is 5.02 Å². The third kappa shape index (κ3) is 6.72. The van der Waals surface area contributed by atoms with Gasteiger partial charge < -0.3 is 15.3 Å². The third-order valence-electron chi connectivity index (χ3n) is 7.35. The molecule has 2 aromatic heterocycles. The van der Waals surface area contributed by atoms with Crippen LogP contribution in [0.4, 0.5) is 5.69 Å². The predicted octanol–water partition coefficient (Wildman–Crippen LogP) is 8.28. The number of benzene rings is 2. The van der Waals surface area contributed by atoms with E-state index < -0.39 is 5.97 Å². The van der Waals surface area contributed by atoms with Gasteiger partial charge in [-0.3, -0.25) is 0 Å². The minimum atomic E-state index is -0.989. The van der Waals surface area contributed by atoms with Gasteiger partial charge in [0.05, 0.1) is 5.69 Å². The van der Waals surface area contributed by atoms with Crippen LogP contribution in [-0.4, -0.2) is 53.0 Å². The Labute approximate surface area is 244 Å². The van der Waals surface area contributed by atoms with E-state index in [0.29, 0.717) is 15.5 Å². The number of rotatable bonds is 4. The number of fused-ring (bicyclic) bond motifs is 1. The second-order valence-corrected chi connectivity index (χ2v) is 11.6. The van der Waals surface area contributed by atoms with Gasteiger partial charge in [-0.1, -0.05) is 60.5 Å². The first kappa shape index (κ1) is 28.3. The lowest BCUT2D eigenvalue weighted by atomic mass is 9.99. The molecule has 2 saturated heterocycles. The quantitative estimate of drug-likeness (QED) is 0.189. The molecular formula is C32H35ClN4O2S. The maximum Gasteiger partial charge on any atom is 0.348 e. The molecule has 4 aromatic rings. The zero-order valence-corrected chi connectivity index (χ0v) is 24.4. The molecule has 2 aromatic carbocycles. The van der Waals surface area contributed by atoms with Crippen molar-refractivity contribution in [3.63, 3.8) is 0 Å². The standard InChI is InChI=1S/C27H24ClN3O2S.C5H11N/c1-17(31-14-6-3-7-15-31)29-24-23-21(18-10-12-20(28)13-11-18)16-22(19-8-4-2-5-9-19)30-26(23)34-25(24)27(32)33;1-2-4-6-5-3-1/h2,4-5,8-13,16H,3,6-7,14-15H2,1H3,(H,32,33);6H,1-5H2. The Hall–Kier alpha value is -3.26. The molecule has 2 aliphatic heterocycles. The molecule has 8 heteroatoms. The Morgan fingerprint density at radius 1 is 0.950 bits per heavy atom. The lowest BCUT2D eigenvalue weighted by Crippen LogP contribution is -2.33. The highest BCUT2D eigenvalue weighted by Crippen LogP contribution is 2.44. The molecule has 6 rings (SSSR count). The first-order chi connectivity index (χ1) is 19.5. The van der Waals surface area contributed by atoms with Gasteiger partial charge in [0, 0.05) is 29.1 Å². The number of halogens is 1. The summed E-state index contributed by atoms with van der Waals surface area (Å²) in [5.74, 6) is -0.146. The summed E-state index contributed by atoms with van der Waals surface area (Å²) in [6.07, 6.45) is 7.69. The number of carboxylic acids is 1. The Balaban J connectivity index is 0.000000477. The van der Waals surface area contributed by atoms with Gasteiger partial charge >= 0.3 is 5.97 Å². The number of aliphatic imine (C=N–C) groups is 1. The van der Waals surface area contributed by atoms with Crippen molar-refractivity contribution in [2.75, 3.05) is 26.2 Å². The highest BCUT2D eigenvalue weighted by atomic mass is 35.5. The fourth-order valence-corrected chi connectivity index (χ4v) is 6.30. The van der Waals surface area contributed by atoms with Crippen molar-refractivity contribution >= 4 is 50.6 Å². The SMILES string of the molecule is C1CCNCC1.CC(=Nc1c(C(=O)O)sc2nc(-c3ccccc3)cc(-c3ccc(Cl)cc3)c12)N1CCCCC1. The monoisotopic (exact) mass is 574 g/mol. The first-order valence-corrected chi connectivity index (χ1v) is 15.2. The molecule has 208 valence electrons. The molecule has 0 spiro atoms. The molecule has 2 N–H and O–H groups in total. The summed E-state index contributed by atoms with van der Waals surface area (Å²) in [5, 5.41) is 14.8. The van der Waals surface area contributed by atoms with Crippen LogP contribution in [0.25, 0.3) is 32.6 Å². The van der Waals surface area contributed by atoms with Gasteiger partial charge in [-0.2, -0.15) is 0 Å². The lowest BCUT2D eigenvalue weighted by Gasteiger charge is -2.28. The summed E-state index contributed by atoms with van der Waals surface area (Å²) in [6.45, 7) is 6.36. The van der Waals surface area contributed by atoms with Crippen molar-refractivity contribution in [3.05, 3.63) is 70.6 Å². The second-order valence-electron chi connectivity index (χ2n) is 10.2. The molecule has 40 heavy (non-hydrogen) atoms. The summed E-state index contributed by atoms with van der Waals surface area (Å²) in [7, 11) is 0. The number of nitrogens with one attached hydrogen (secondary N) is 1. The van der Waals surface area contributed by atoms with Crippen LogP contribution in [0.5, 0.6) is 0 Å². The molecule has 0 aliphatic carbocycles. The van der Waals surface area contributed by atoms with E-state index in [1.165, 1.54) is 50.1 Å². The summed E-state index contributed by atoms with van der Waals surface area (Å²) in [4.78, 5) is 25.2. The maximum absolute atomic E-state index is 12.3. The molecule has 0 unspecified atom stereocenters. The zero-order chi connectivity index (χ0) is 27.9. The number of hydrogen-bond donors (Lipinski definition) is 2. The summed E-state index contributed by atoms with van der Waals surface area (Å²) < 4.78 is 0. The Bertz CT molecular complexity index is 1460. The molecule has 4 heterocycles. The van der Waals surface area contributed by atoms with Crippen molar-refractivity contribution in [1.82, 2.24) is 15.2 Å². The lowest BCUT2D eigenvalue weighted by molar-refractivity contribution is 0.0703. The number of aromatic carboxylic acids is 1. The van der Waals surface area contributed by atoms with E-state index in [1.54, 1.807) is 0 Å². The molecule has 0 bridgehead atoms. The van der Waals surface area contributed by atoms with Crippen molar-refractivity contribution in [2.24, 2.45) is 4.99 Å². The van der Waals surface area contributed by atoms with Gasteiger partial charge in [-0.25, -0.2) is 14.8 Å². The van der Waals surface area contributed by atoms with Crippen LogP contribution in [0.15, 0.2) is 65.7 Å². The number of hydrogen-bond acceptors (Lipinski definition) is 5. The van der Waals surface area contributed by atoms with Crippen molar-refractivity contribution < 1.29 is 9.90 Å². The van der Waals surface area contributed by atoms with Gasteiger partial charge in [0.25, 0.3) is 0 Å². The molecule has 2 aliphatic rings. The molecule has 0 atom stereocenters. The van der Waals surface area contributed by atoms with Crippen LogP contribution >= 0.6 is 22.9 Å². The number of pyridine rings is 1. The van der Waals surface area contributed by atoms with E-state index >= 15 is 0 Å². The van der Waals surface area contributed by atoms with E-state index in [9.17, 15) is 9.90 Å². The minimum absolute atomic E-state index is 0.208. The molecule has 0 amide bonds. The summed E-state index contributed by atoms with van der Waals surface area (Å²) in [5.41, 5.74) is 4.08. The van der Waals surface area contributed by atoms with E-state index in [1.807, 2.05) is 67.6 Å². The second kappa shape index (κ2) is 13.4. The van der Waals surface area contributed by atoms with E-state index in [4.69, 9.17) is 21.6 Å². The van der Waals surface area contributed by atoms with Gasteiger partial charge in [-0.15, -0.1) is 11.3 Å². The molecule has 0 radical (unpaired) electrons. The fraction of sp³-hybridized carbons (Fsp3) is 0.344. The number of aromatic nitrogens is 1. The molecule has 0 saturated carbocycles. The van der Waals surface area contributed by atoms with Crippen molar-refractivity contribution in [1.29, 1.82) is 0 Å². The summed E-state index contributed by atoms with van der Waals surface area (Å²) >= 11 is 7.34. The van der Waals surface area contributed by atoms with Crippen LogP contribution < -0.4 is 5.32 Å². The van der Waals surface area contributed by atoms with Gasteiger partial charge in [0.2, 0.25) is 0 Å². The highest BCUT2D eigenvalue weighted by molar-refractivity contribution is 7.21. The van der Waals surface area contributed by atoms with Crippen molar-refractivity contribution in [2.45, 2.75) is 45.4 Å². The number of amidine groups is 1. The maximum atomic E-state index is 12.3. The van der Waals surface area contributed by atoms with Gasteiger partial charge in [0.1, 0.15) is 21.2 Å². The normalized spacial score (nSPS) is 15.9. The number of thiophene rings is 1. The number of carboxylic acid groups (broad SMARTS) is 1. The average Bonchev–Trinajstić information content (AvgIpc) is 3.38. The topological polar surface area (TPSA) is 77.8 Å². The molecule has 6 nitrogen and oxygen atoms in total. The van der Waals surface area contributed by atoms with E-state index in [0.717, 1.165) is 59.5 Å². The highest BCUT2D eigenvalue weighted by Gasteiger charge is 2.24. The van der Waals surface area contributed by atoms with Crippen LogP contribution in [-0.2, 0) is 0 Å². The third-order valence-corrected chi connectivity index (χ3v) is 8.66. The van der Waals surface area contributed by atoms with Crippen LogP contribution in [0.1, 0.15) is 55.1 Å².